The topological polar surface area (TPSA) is 54.3 Å². The van der Waals surface area contributed by atoms with Gasteiger partial charge in [-0.2, -0.15) is 5.26 Å². The second-order valence-corrected chi connectivity index (χ2v) is 4.29. The Kier molecular flexibility index (Phi) is 6.63. The van der Waals surface area contributed by atoms with E-state index in [9.17, 15) is 0 Å². The molecule has 4 nitrogen and oxygen atoms in total. The van der Waals surface area contributed by atoms with Gasteiger partial charge in [0, 0.05) is 23.8 Å². The molecule has 0 unspecified atom stereocenters. The third kappa shape index (κ3) is 5.68. The fourth-order valence-corrected chi connectivity index (χ4v) is 1.76. The third-order valence-electron chi connectivity index (χ3n) is 2.03. The lowest BCUT2D eigenvalue weighted by Gasteiger charge is -2.08. The van der Waals surface area contributed by atoms with Gasteiger partial charge >= 0.3 is 0 Å². The third-order valence-corrected chi connectivity index (χ3v) is 2.49. The fourth-order valence-electron chi connectivity index (χ4n) is 1.27. The zero-order chi connectivity index (χ0) is 12.5. The molecule has 0 atom stereocenters. The van der Waals surface area contributed by atoms with Gasteiger partial charge in [0.15, 0.2) is 0 Å². The number of ether oxygens (including phenoxy) is 2. The molecule has 0 aliphatic rings. The van der Waals surface area contributed by atoms with Gasteiger partial charge in [0.25, 0.3) is 0 Å². The summed E-state index contributed by atoms with van der Waals surface area (Å²) in [6, 6.07) is 7.62. The number of nitrogens with one attached hydrogen (secondary N) is 1. The van der Waals surface area contributed by atoms with E-state index in [2.05, 4.69) is 27.3 Å². The number of halogens is 1. The van der Waals surface area contributed by atoms with Crippen molar-refractivity contribution in [3.63, 3.8) is 0 Å². The number of hydrogen-bond donors (Lipinski definition) is 1. The summed E-state index contributed by atoms with van der Waals surface area (Å²) in [5, 5.41) is 12.0. The summed E-state index contributed by atoms with van der Waals surface area (Å²) >= 11 is 3.36. The van der Waals surface area contributed by atoms with Gasteiger partial charge in [-0.1, -0.05) is 15.9 Å². The Bertz CT molecular complexity index is 391. The Morgan fingerprint density at radius 3 is 2.82 bits per heavy atom. The van der Waals surface area contributed by atoms with Crippen LogP contribution >= 0.6 is 15.9 Å². The van der Waals surface area contributed by atoms with Crippen molar-refractivity contribution in [1.29, 1.82) is 5.26 Å². The predicted molar refractivity (Wildman–Crippen MR) is 70.0 cm³/mol. The Morgan fingerprint density at radius 1 is 1.29 bits per heavy atom. The molecule has 0 aliphatic carbocycles. The van der Waals surface area contributed by atoms with E-state index in [-0.39, 0.29) is 0 Å². The van der Waals surface area contributed by atoms with Crippen molar-refractivity contribution in [3.8, 4) is 6.07 Å². The van der Waals surface area contributed by atoms with Gasteiger partial charge in [-0.05, 0) is 18.2 Å². The maximum absolute atomic E-state index is 8.82. The van der Waals surface area contributed by atoms with Gasteiger partial charge in [0.1, 0.15) is 0 Å². The molecule has 0 aromatic heterocycles. The normalized spacial score (nSPS) is 9.94. The number of hydrogen-bond acceptors (Lipinski definition) is 4. The van der Waals surface area contributed by atoms with E-state index in [0.29, 0.717) is 31.9 Å². The van der Waals surface area contributed by atoms with Crippen molar-refractivity contribution in [2.24, 2.45) is 0 Å². The second kappa shape index (κ2) is 8.07. The summed E-state index contributed by atoms with van der Waals surface area (Å²) in [5.41, 5.74) is 1.54. The first-order chi connectivity index (χ1) is 8.26. The van der Waals surface area contributed by atoms with E-state index in [1.165, 1.54) is 0 Å². The molecule has 17 heavy (non-hydrogen) atoms. The number of nitrogens with zero attached hydrogens (tertiary/aromatic N) is 1. The molecule has 0 spiro atoms. The highest BCUT2D eigenvalue weighted by atomic mass is 79.9. The Balaban J connectivity index is 2.32. The van der Waals surface area contributed by atoms with E-state index in [1.54, 1.807) is 19.2 Å². The van der Waals surface area contributed by atoms with Crippen LogP contribution in [0, 0.1) is 11.3 Å². The van der Waals surface area contributed by atoms with Crippen LogP contribution in [0.4, 0.5) is 5.69 Å². The van der Waals surface area contributed by atoms with Crippen LogP contribution in [0.2, 0.25) is 0 Å². The number of benzene rings is 1. The smallest absolute Gasteiger partial charge is 0.0992 e. The van der Waals surface area contributed by atoms with Crippen LogP contribution in [0.1, 0.15) is 5.56 Å². The lowest BCUT2D eigenvalue weighted by atomic mass is 10.2. The van der Waals surface area contributed by atoms with E-state index in [4.69, 9.17) is 14.7 Å². The van der Waals surface area contributed by atoms with E-state index in [1.807, 2.05) is 6.07 Å². The number of anilines is 1. The minimum atomic E-state index is 0.597. The summed E-state index contributed by atoms with van der Waals surface area (Å²) < 4.78 is 11.1. The molecule has 1 aromatic carbocycles. The molecule has 1 N–H and O–H groups in total. The summed E-state index contributed by atoms with van der Waals surface area (Å²) in [4.78, 5) is 0. The van der Waals surface area contributed by atoms with Gasteiger partial charge in [0.05, 0.1) is 31.5 Å². The zero-order valence-corrected chi connectivity index (χ0v) is 11.3. The van der Waals surface area contributed by atoms with Gasteiger partial charge in [0.2, 0.25) is 0 Å². The van der Waals surface area contributed by atoms with Crippen LogP contribution in [-0.2, 0) is 9.47 Å². The first-order valence-corrected chi connectivity index (χ1v) is 6.07. The number of methoxy groups -OCH3 is 1. The van der Waals surface area contributed by atoms with Crippen LogP contribution < -0.4 is 5.32 Å². The van der Waals surface area contributed by atoms with Crippen LogP contribution in [0.5, 0.6) is 0 Å². The standard InChI is InChI=1S/C12H15BrN2O2/c1-16-4-5-17-3-2-15-12-7-10(9-14)6-11(13)8-12/h6-8,15H,2-5H2,1H3. The molecule has 0 bridgehead atoms. The van der Waals surface area contributed by atoms with E-state index >= 15 is 0 Å². The van der Waals surface area contributed by atoms with Crippen molar-refractivity contribution in [2.75, 3.05) is 38.8 Å². The van der Waals surface area contributed by atoms with Gasteiger partial charge in [-0.3, -0.25) is 0 Å². The van der Waals surface area contributed by atoms with Gasteiger partial charge < -0.3 is 14.8 Å². The van der Waals surface area contributed by atoms with Crippen LogP contribution in [0.15, 0.2) is 22.7 Å². The van der Waals surface area contributed by atoms with Gasteiger partial charge in [-0.25, -0.2) is 0 Å². The first-order valence-electron chi connectivity index (χ1n) is 5.27. The molecule has 0 amide bonds. The molecule has 0 heterocycles. The molecule has 1 rings (SSSR count). The Hall–Kier alpha value is -1.09. The Morgan fingerprint density at radius 2 is 2.12 bits per heavy atom. The monoisotopic (exact) mass is 298 g/mol. The lowest BCUT2D eigenvalue weighted by molar-refractivity contribution is 0.0759. The molecule has 1 aromatic rings. The quantitative estimate of drug-likeness (QED) is 0.786. The molecular weight excluding hydrogens is 284 g/mol. The SMILES string of the molecule is COCCOCCNc1cc(Br)cc(C#N)c1. The highest BCUT2D eigenvalue weighted by molar-refractivity contribution is 9.10. The summed E-state index contributed by atoms with van der Waals surface area (Å²) in [7, 11) is 1.65. The summed E-state index contributed by atoms with van der Waals surface area (Å²) in [6.45, 7) is 2.51. The average molecular weight is 299 g/mol. The largest absolute Gasteiger partial charge is 0.383 e. The molecule has 5 heteroatoms. The fraction of sp³-hybridized carbons (Fsp3) is 0.417. The molecule has 0 radical (unpaired) electrons. The Labute approximate surface area is 110 Å². The molecule has 0 saturated heterocycles. The molecular formula is C12H15BrN2O2. The van der Waals surface area contributed by atoms with Crippen molar-refractivity contribution < 1.29 is 9.47 Å². The van der Waals surface area contributed by atoms with E-state index < -0.39 is 0 Å². The number of rotatable bonds is 7. The highest BCUT2D eigenvalue weighted by Gasteiger charge is 1.98. The van der Waals surface area contributed by atoms with E-state index in [0.717, 1.165) is 10.2 Å². The minimum Gasteiger partial charge on any atom is -0.383 e. The summed E-state index contributed by atoms with van der Waals surface area (Å²) in [6.07, 6.45) is 0. The van der Waals surface area contributed by atoms with Crippen LogP contribution in [0.3, 0.4) is 0 Å². The highest BCUT2D eigenvalue weighted by Crippen LogP contribution is 2.18. The minimum absolute atomic E-state index is 0.597. The molecule has 0 saturated carbocycles. The van der Waals surface area contributed by atoms with Crippen molar-refractivity contribution in [1.82, 2.24) is 0 Å². The summed E-state index contributed by atoms with van der Waals surface area (Å²) in [5.74, 6) is 0. The van der Waals surface area contributed by atoms with Crippen LogP contribution in [0.25, 0.3) is 0 Å². The van der Waals surface area contributed by atoms with Crippen molar-refractivity contribution in [3.05, 3.63) is 28.2 Å². The average Bonchev–Trinajstić information content (AvgIpc) is 2.33. The molecule has 0 fully saturated rings. The number of nitriles is 1. The second-order valence-electron chi connectivity index (χ2n) is 3.37. The maximum atomic E-state index is 8.82. The lowest BCUT2D eigenvalue weighted by Crippen LogP contribution is -2.12. The van der Waals surface area contributed by atoms with Crippen molar-refractivity contribution in [2.45, 2.75) is 0 Å². The van der Waals surface area contributed by atoms with Crippen LogP contribution in [-0.4, -0.2) is 33.5 Å². The zero-order valence-electron chi connectivity index (χ0n) is 9.70. The molecule has 92 valence electrons. The maximum Gasteiger partial charge on any atom is 0.0992 e. The molecule has 0 aliphatic heterocycles. The van der Waals surface area contributed by atoms with Gasteiger partial charge in [-0.15, -0.1) is 0 Å². The predicted octanol–water partition coefficient (Wildman–Crippen LogP) is 2.40. The first kappa shape index (κ1) is 14.0. The van der Waals surface area contributed by atoms with Crippen molar-refractivity contribution >= 4 is 21.6 Å².